The van der Waals surface area contributed by atoms with Gasteiger partial charge in [-0.25, -0.2) is 0 Å². The predicted molar refractivity (Wildman–Crippen MR) is 131 cm³/mol. The summed E-state index contributed by atoms with van der Waals surface area (Å²) in [6, 6.07) is 18.7. The van der Waals surface area contributed by atoms with E-state index in [1.807, 2.05) is 20.2 Å². The molecule has 1 unspecified atom stereocenters. The topological polar surface area (TPSA) is 88.1 Å². The Morgan fingerprint density at radius 1 is 0.939 bits per heavy atom. The summed E-state index contributed by atoms with van der Waals surface area (Å²) in [5.41, 5.74) is 3.44. The van der Waals surface area contributed by atoms with Gasteiger partial charge in [-0.3, -0.25) is 14.5 Å². The van der Waals surface area contributed by atoms with Gasteiger partial charge in [0.1, 0.15) is 0 Å². The third-order valence-electron chi connectivity index (χ3n) is 5.95. The Hall–Kier alpha value is -3.10. The first kappa shape index (κ1) is 24.5. The lowest BCUT2D eigenvalue weighted by Gasteiger charge is -2.40. The number of para-hydroxylation sites is 1. The van der Waals surface area contributed by atoms with E-state index in [1.54, 1.807) is 0 Å². The van der Waals surface area contributed by atoms with Gasteiger partial charge in [0.05, 0.1) is 6.04 Å². The number of rotatable bonds is 9. The van der Waals surface area contributed by atoms with Crippen LogP contribution in [0.3, 0.4) is 0 Å². The SMILES string of the molecule is CN(C)c1ccc(C(CNC(=O)C(=O)NCCCO)N2CCN(c3ccccc3)CC2)cc1. The molecule has 1 fully saturated rings. The van der Waals surface area contributed by atoms with Crippen molar-refractivity contribution in [1.82, 2.24) is 15.5 Å². The molecule has 1 atom stereocenters. The zero-order valence-electron chi connectivity index (χ0n) is 19.5. The zero-order chi connectivity index (χ0) is 23.6. The maximum Gasteiger partial charge on any atom is 0.309 e. The monoisotopic (exact) mass is 453 g/mol. The lowest BCUT2D eigenvalue weighted by molar-refractivity contribution is -0.139. The summed E-state index contributed by atoms with van der Waals surface area (Å²) in [4.78, 5) is 31.1. The highest BCUT2D eigenvalue weighted by atomic mass is 16.3. The highest BCUT2D eigenvalue weighted by Crippen LogP contribution is 2.25. The van der Waals surface area contributed by atoms with E-state index in [1.165, 1.54) is 5.69 Å². The third-order valence-corrected chi connectivity index (χ3v) is 5.95. The first-order valence-electron chi connectivity index (χ1n) is 11.5. The Kier molecular flexibility index (Phi) is 9.09. The van der Waals surface area contributed by atoms with Crippen molar-refractivity contribution in [1.29, 1.82) is 0 Å². The van der Waals surface area contributed by atoms with E-state index in [0.29, 0.717) is 13.0 Å². The van der Waals surface area contributed by atoms with E-state index in [0.717, 1.165) is 37.4 Å². The number of benzene rings is 2. The van der Waals surface area contributed by atoms with Crippen LogP contribution in [0.25, 0.3) is 0 Å². The molecule has 1 aliphatic rings. The van der Waals surface area contributed by atoms with Gasteiger partial charge in [-0.05, 0) is 36.2 Å². The second-order valence-corrected chi connectivity index (χ2v) is 8.40. The minimum absolute atomic E-state index is 0.0259. The number of nitrogens with zero attached hydrogens (tertiary/aromatic N) is 3. The van der Waals surface area contributed by atoms with Crippen molar-refractivity contribution in [3.8, 4) is 0 Å². The minimum Gasteiger partial charge on any atom is -0.396 e. The summed E-state index contributed by atoms with van der Waals surface area (Å²) < 4.78 is 0. The number of hydrogen-bond acceptors (Lipinski definition) is 6. The summed E-state index contributed by atoms with van der Waals surface area (Å²) in [6.07, 6.45) is 0.422. The fourth-order valence-corrected chi connectivity index (χ4v) is 4.01. The van der Waals surface area contributed by atoms with Crippen molar-refractivity contribution in [2.24, 2.45) is 0 Å². The van der Waals surface area contributed by atoms with E-state index in [2.05, 4.69) is 73.9 Å². The number of anilines is 2. The summed E-state index contributed by atoms with van der Waals surface area (Å²) in [5.74, 6) is -1.31. The van der Waals surface area contributed by atoms with Crippen LogP contribution < -0.4 is 20.4 Å². The van der Waals surface area contributed by atoms with Gasteiger partial charge in [0.2, 0.25) is 0 Å². The molecule has 1 saturated heterocycles. The molecule has 8 heteroatoms. The number of piperazine rings is 1. The Balaban J connectivity index is 1.67. The maximum atomic E-state index is 12.3. The van der Waals surface area contributed by atoms with E-state index in [4.69, 9.17) is 5.11 Å². The second kappa shape index (κ2) is 12.2. The molecule has 2 amide bonds. The Morgan fingerprint density at radius 3 is 2.18 bits per heavy atom. The summed E-state index contributed by atoms with van der Waals surface area (Å²) in [6.45, 7) is 4.10. The molecule has 3 N–H and O–H groups in total. The zero-order valence-corrected chi connectivity index (χ0v) is 19.5. The lowest BCUT2D eigenvalue weighted by Crippen LogP contribution is -2.51. The molecule has 3 rings (SSSR count). The van der Waals surface area contributed by atoms with E-state index < -0.39 is 11.8 Å². The fraction of sp³-hybridized carbons (Fsp3) is 0.440. The molecule has 0 spiro atoms. The first-order chi connectivity index (χ1) is 16.0. The second-order valence-electron chi connectivity index (χ2n) is 8.40. The number of carbonyl (C=O) groups is 2. The van der Waals surface area contributed by atoms with Crippen LogP contribution in [0.2, 0.25) is 0 Å². The van der Waals surface area contributed by atoms with Gasteiger partial charge in [0.15, 0.2) is 0 Å². The lowest BCUT2D eigenvalue weighted by atomic mass is 10.0. The highest BCUT2D eigenvalue weighted by Gasteiger charge is 2.26. The standard InChI is InChI=1S/C25H35N5O3/c1-28(2)21-11-9-20(10-12-21)23(19-27-25(33)24(32)26-13-6-18-31)30-16-14-29(15-17-30)22-7-4-3-5-8-22/h3-5,7-12,23,31H,6,13-19H2,1-2H3,(H,26,32)(H,27,33). The van der Waals surface area contributed by atoms with Gasteiger partial charge < -0.3 is 25.5 Å². The number of nitrogens with one attached hydrogen (secondary N) is 2. The molecule has 0 saturated carbocycles. The normalized spacial score (nSPS) is 15.1. The van der Waals surface area contributed by atoms with Crippen LogP contribution in [0.1, 0.15) is 18.0 Å². The fourth-order valence-electron chi connectivity index (χ4n) is 4.01. The number of carbonyl (C=O) groups excluding carboxylic acids is 2. The molecule has 0 aliphatic carbocycles. The van der Waals surface area contributed by atoms with Crippen molar-refractivity contribution in [3.63, 3.8) is 0 Å². The summed E-state index contributed by atoms with van der Waals surface area (Å²) in [7, 11) is 4.01. The van der Waals surface area contributed by atoms with Crippen molar-refractivity contribution in [3.05, 3.63) is 60.2 Å². The summed E-state index contributed by atoms with van der Waals surface area (Å²) in [5, 5.41) is 14.2. The third kappa shape index (κ3) is 6.94. The predicted octanol–water partition coefficient (Wildman–Crippen LogP) is 1.23. The van der Waals surface area contributed by atoms with Crippen LogP contribution in [-0.4, -0.2) is 81.8 Å². The van der Waals surface area contributed by atoms with Gasteiger partial charge in [-0.2, -0.15) is 0 Å². The summed E-state index contributed by atoms with van der Waals surface area (Å²) >= 11 is 0. The van der Waals surface area contributed by atoms with Gasteiger partial charge in [0.25, 0.3) is 0 Å². The molecular formula is C25H35N5O3. The minimum atomic E-state index is -0.668. The van der Waals surface area contributed by atoms with E-state index in [-0.39, 0.29) is 19.2 Å². The highest BCUT2D eigenvalue weighted by molar-refractivity contribution is 6.35. The van der Waals surface area contributed by atoms with Gasteiger partial charge in [0, 0.05) is 71.3 Å². The van der Waals surface area contributed by atoms with E-state index >= 15 is 0 Å². The van der Waals surface area contributed by atoms with Crippen molar-refractivity contribution >= 4 is 23.2 Å². The number of hydrogen-bond donors (Lipinski definition) is 3. The Labute approximate surface area is 196 Å². The number of aliphatic hydroxyl groups excluding tert-OH is 1. The smallest absolute Gasteiger partial charge is 0.309 e. The molecule has 0 radical (unpaired) electrons. The number of aliphatic hydroxyl groups is 1. The first-order valence-corrected chi connectivity index (χ1v) is 11.5. The van der Waals surface area contributed by atoms with Crippen LogP contribution >= 0.6 is 0 Å². The Morgan fingerprint density at radius 2 is 1.58 bits per heavy atom. The van der Waals surface area contributed by atoms with Crippen LogP contribution in [0.15, 0.2) is 54.6 Å². The largest absolute Gasteiger partial charge is 0.396 e. The van der Waals surface area contributed by atoms with Crippen LogP contribution in [0.5, 0.6) is 0 Å². The Bertz CT molecular complexity index is 881. The molecule has 8 nitrogen and oxygen atoms in total. The van der Waals surface area contributed by atoms with Crippen molar-refractivity contribution in [2.45, 2.75) is 12.5 Å². The maximum absolute atomic E-state index is 12.3. The molecule has 2 aromatic rings. The van der Waals surface area contributed by atoms with Crippen LogP contribution in [-0.2, 0) is 9.59 Å². The average molecular weight is 454 g/mol. The van der Waals surface area contributed by atoms with Crippen molar-refractivity contribution < 1.29 is 14.7 Å². The molecule has 1 heterocycles. The van der Waals surface area contributed by atoms with Gasteiger partial charge in [-0.1, -0.05) is 30.3 Å². The molecule has 0 aromatic heterocycles. The van der Waals surface area contributed by atoms with E-state index in [9.17, 15) is 9.59 Å². The van der Waals surface area contributed by atoms with Crippen LogP contribution in [0, 0.1) is 0 Å². The number of amides is 2. The molecule has 33 heavy (non-hydrogen) atoms. The van der Waals surface area contributed by atoms with Gasteiger partial charge in [-0.15, -0.1) is 0 Å². The van der Waals surface area contributed by atoms with Crippen LogP contribution in [0.4, 0.5) is 11.4 Å². The quantitative estimate of drug-likeness (QED) is 0.391. The average Bonchev–Trinajstić information content (AvgIpc) is 2.85. The molecule has 1 aliphatic heterocycles. The molecule has 2 aromatic carbocycles. The van der Waals surface area contributed by atoms with Gasteiger partial charge >= 0.3 is 11.8 Å². The van der Waals surface area contributed by atoms with Crippen molar-refractivity contribution in [2.75, 3.05) is 69.8 Å². The molecule has 178 valence electrons. The molecular weight excluding hydrogens is 418 g/mol. The molecule has 0 bridgehead atoms.